The minimum absolute atomic E-state index is 0.0707. The molecule has 2 aliphatic heterocycles. The van der Waals surface area contributed by atoms with Gasteiger partial charge in [-0.15, -0.1) is 0 Å². The molecule has 2 N–H and O–H groups in total. The summed E-state index contributed by atoms with van der Waals surface area (Å²) in [6, 6.07) is 3.38. The Morgan fingerprint density at radius 1 is 1.17 bits per heavy atom. The van der Waals surface area contributed by atoms with Gasteiger partial charge in [0.1, 0.15) is 11.9 Å². The molecule has 2 amide bonds. The van der Waals surface area contributed by atoms with Crippen molar-refractivity contribution in [2.75, 3.05) is 50.1 Å². The Balaban J connectivity index is 1.44. The van der Waals surface area contributed by atoms with Crippen molar-refractivity contribution in [2.45, 2.75) is 51.8 Å². The number of ether oxygens (including phenoxy) is 2. The second kappa shape index (κ2) is 11.7. The number of anilines is 2. The molecule has 0 bridgehead atoms. The number of aromatic nitrogens is 2. The van der Waals surface area contributed by atoms with E-state index in [-0.39, 0.29) is 23.9 Å². The van der Waals surface area contributed by atoms with Crippen molar-refractivity contribution in [3.8, 4) is 5.75 Å². The molecule has 1 aromatic carbocycles. The fraction of sp³-hybridized carbons (Fsp3) is 0.560. The van der Waals surface area contributed by atoms with Crippen LogP contribution in [0.3, 0.4) is 0 Å². The van der Waals surface area contributed by atoms with Gasteiger partial charge in [0.25, 0.3) is 0 Å². The molecule has 36 heavy (non-hydrogen) atoms. The first-order chi connectivity index (χ1) is 17.3. The highest BCUT2D eigenvalue weighted by Gasteiger charge is 2.29. The first-order valence-electron chi connectivity index (χ1n) is 12.4. The average Bonchev–Trinajstić information content (AvgIpc) is 2.85. The Morgan fingerprint density at radius 3 is 2.64 bits per heavy atom. The molecular formula is C25H34F2N6O3. The van der Waals surface area contributed by atoms with Crippen molar-refractivity contribution >= 4 is 17.7 Å². The summed E-state index contributed by atoms with van der Waals surface area (Å²) in [5.41, 5.74) is 1.69. The second-order valence-corrected chi connectivity index (χ2v) is 9.36. The summed E-state index contributed by atoms with van der Waals surface area (Å²) in [6.45, 7) is 7.29. The van der Waals surface area contributed by atoms with E-state index in [9.17, 15) is 13.6 Å². The highest BCUT2D eigenvalue weighted by atomic mass is 19.1. The van der Waals surface area contributed by atoms with Crippen LogP contribution in [0, 0.1) is 11.6 Å². The third-order valence-corrected chi connectivity index (χ3v) is 6.22. The number of rotatable bonds is 8. The number of nitrogens with zero attached hydrogens (tertiary/aromatic N) is 4. The number of methoxy groups -OCH3 is 1. The molecule has 0 radical (unpaired) electrons. The lowest BCUT2D eigenvalue weighted by atomic mass is 10.1. The first-order valence-corrected chi connectivity index (χ1v) is 12.4. The zero-order valence-electron chi connectivity index (χ0n) is 21.0. The van der Waals surface area contributed by atoms with Crippen molar-refractivity contribution in [1.82, 2.24) is 20.2 Å². The van der Waals surface area contributed by atoms with Gasteiger partial charge >= 0.3 is 6.03 Å². The van der Waals surface area contributed by atoms with Crippen LogP contribution in [-0.2, 0) is 17.7 Å². The number of carbonyl (C=O) groups is 1. The van der Waals surface area contributed by atoms with Gasteiger partial charge in [-0.05, 0) is 26.0 Å². The number of urea groups is 1. The second-order valence-electron chi connectivity index (χ2n) is 9.36. The summed E-state index contributed by atoms with van der Waals surface area (Å²) >= 11 is 0. The van der Waals surface area contributed by atoms with Gasteiger partial charge in [0.2, 0.25) is 0 Å². The highest BCUT2D eigenvalue weighted by Crippen LogP contribution is 2.30. The van der Waals surface area contributed by atoms with Crippen molar-refractivity contribution in [2.24, 2.45) is 0 Å². The predicted molar refractivity (Wildman–Crippen MR) is 132 cm³/mol. The molecule has 1 aromatic heterocycles. The molecule has 11 heteroatoms. The van der Waals surface area contributed by atoms with Gasteiger partial charge in [-0.3, -0.25) is 0 Å². The Morgan fingerprint density at radius 2 is 1.94 bits per heavy atom. The van der Waals surface area contributed by atoms with E-state index in [4.69, 9.17) is 19.4 Å². The van der Waals surface area contributed by atoms with Crippen LogP contribution < -0.4 is 20.3 Å². The maximum Gasteiger partial charge on any atom is 0.317 e. The maximum atomic E-state index is 14.0. The van der Waals surface area contributed by atoms with E-state index in [0.717, 1.165) is 23.3 Å². The van der Waals surface area contributed by atoms with Gasteiger partial charge in [0, 0.05) is 64.7 Å². The predicted octanol–water partition coefficient (Wildman–Crippen LogP) is 3.34. The minimum atomic E-state index is -0.692. The van der Waals surface area contributed by atoms with Crippen LogP contribution in [0.15, 0.2) is 18.2 Å². The number of hydrogen-bond acceptors (Lipinski definition) is 7. The van der Waals surface area contributed by atoms with Crippen molar-refractivity contribution < 1.29 is 23.0 Å². The summed E-state index contributed by atoms with van der Waals surface area (Å²) in [5, 5.41) is 6.26. The maximum absolute atomic E-state index is 14.0. The SMILES string of the molecule is COCCNC(=O)N1CCc2nc(N3CCC(Oc4ccc(F)cc4F)CC3)c(NC(C)C)nc2C1. The molecule has 0 saturated carbocycles. The molecule has 196 valence electrons. The molecule has 9 nitrogen and oxygen atoms in total. The molecular weight excluding hydrogens is 470 g/mol. The molecule has 2 aromatic rings. The van der Waals surface area contributed by atoms with Crippen LogP contribution in [0.25, 0.3) is 0 Å². The normalized spacial score (nSPS) is 16.2. The van der Waals surface area contributed by atoms with Gasteiger partial charge < -0.3 is 29.9 Å². The lowest BCUT2D eigenvalue weighted by Gasteiger charge is -2.35. The third-order valence-electron chi connectivity index (χ3n) is 6.22. The minimum Gasteiger partial charge on any atom is -0.487 e. The van der Waals surface area contributed by atoms with E-state index in [1.54, 1.807) is 12.0 Å². The molecule has 4 rings (SSSR count). The van der Waals surface area contributed by atoms with E-state index in [1.165, 1.54) is 12.1 Å². The first kappa shape index (κ1) is 25.9. The van der Waals surface area contributed by atoms with Crippen LogP contribution >= 0.6 is 0 Å². The molecule has 1 fully saturated rings. The fourth-order valence-corrected chi connectivity index (χ4v) is 4.39. The fourth-order valence-electron chi connectivity index (χ4n) is 4.39. The number of halogens is 2. The van der Waals surface area contributed by atoms with E-state index in [0.29, 0.717) is 64.4 Å². The van der Waals surface area contributed by atoms with Gasteiger partial charge in [0.15, 0.2) is 23.2 Å². The van der Waals surface area contributed by atoms with Crippen molar-refractivity contribution in [1.29, 1.82) is 0 Å². The number of hydrogen-bond donors (Lipinski definition) is 2. The number of benzene rings is 1. The summed E-state index contributed by atoms with van der Waals surface area (Å²) in [6.07, 6.45) is 1.80. The quantitative estimate of drug-likeness (QED) is 0.533. The van der Waals surface area contributed by atoms with Crippen LogP contribution in [0.1, 0.15) is 38.1 Å². The Hall–Kier alpha value is -3.21. The molecule has 1 saturated heterocycles. The standard InChI is InChI=1S/C25H34F2N6O3/c1-16(2)29-23-24(31-20-8-12-33(15-21(20)30-23)25(34)28-9-13-35-3)32-10-6-18(7-11-32)36-22-5-4-17(26)14-19(22)27/h4-5,14,16,18H,6-13,15H2,1-3H3,(H,28,34)(H,29,30). The molecule has 0 atom stereocenters. The Bertz CT molecular complexity index is 1060. The molecule has 2 aliphatic rings. The lowest BCUT2D eigenvalue weighted by Crippen LogP contribution is -2.44. The largest absolute Gasteiger partial charge is 0.487 e. The summed E-state index contributed by atoms with van der Waals surface area (Å²) < 4.78 is 38.0. The zero-order chi connectivity index (χ0) is 25.7. The monoisotopic (exact) mass is 504 g/mol. The van der Waals surface area contributed by atoms with Gasteiger partial charge in [-0.25, -0.2) is 23.5 Å². The van der Waals surface area contributed by atoms with Crippen LogP contribution in [-0.4, -0.2) is 72.9 Å². The highest BCUT2D eigenvalue weighted by molar-refractivity contribution is 5.74. The van der Waals surface area contributed by atoms with E-state index >= 15 is 0 Å². The third kappa shape index (κ3) is 6.31. The Kier molecular flexibility index (Phi) is 8.40. The van der Waals surface area contributed by atoms with E-state index < -0.39 is 11.6 Å². The number of nitrogens with one attached hydrogen (secondary N) is 2. The van der Waals surface area contributed by atoms with E-state index in [2.05, 4.69) is 15.5 Å². The van der Waals surface area contributed by atoms with Gasteiger partial charge in [-0.1, -0.05) is 0 Å². The number of fused-ring (bicyclic) bond motifs is 1. The molecule has 0 unspecified atom stereocenters. The lowest BCUT2D eigenvalue weighted by molar-refractivity contribution is 0.163. The average molecular weight is 505 g/mol. The molecule has 0 aliphatic carbocycles. The number of amides is 2. The van der Waals surface area contributed by atoms with Crippen molar-refractivity contribution in [3.05, 3.63) is 41.2 Å². The summed E-state index contributed by atoms with van der Waals surface area (Å²) in [4.78, 5) is 26.3. The topological polar surface area (TPSA) is 91.9 Å². The van der Waals surface area contributed by atoms with E-state index in [1.807, 2.05) is 13.8 Å². The number of carbonyl (C=O) groups excluding carboxylic acids is 1. The van der Waals surface area contributed by atoms with Crippen LogP contribution in [0.5, 0.6) is 5.75 Å². The Labute approximate surface area is 210 Å². The van der Waals surface area contributed by atoms with Crippen molar-refractivity contribution in [3.63, 3.8) is 0 Å². The van der Waals surface area contributed by atoms with Crippen LogP contribution in [0.4, 0.5) is 25.2 Å². The van der Waals surface area contributed by atoms with Crippen LogP contribution in [0.2, 0.25) is 0 Å². The zero-order valence-corrected chi connectivity index (χ0v) is 21.0. The van der Waals surface area contributed by atoms with Gasteiger partial charge in [-0.2, -0.15) is 0 Å². The van der Waals surface area contributed by atoms with Gasteiger partial charge in [0.05, 0.1) is 24.5 Å². The smallest absolute Gasteiger partial charge is 0.317 e. The number of piperidine rings is 1. The molecule has 0 spiro atoms. The summed E-state index contributed by atoms with van der Waals surface area (Å²) in [7, 11) is 1.60. The summed E-state index contributed by atoms with van der Waals surface area (Å²) in [5.74, 6) is 0.228. The molecule has 3 heterocycles.